The van der Waals surface area contributed by atoms with E-state index in [4.69, 9.17) is 2.74 Å². The number of aliphatic hydroxyl groups is 2. The number of Topliss-reactive ketones (excluding diaryl/α,β-unsaturated/α-hetero) is 1. The predicted molar refractivity (Wildman–Crippen MR) is 121 cm³/mol. The summed E-state index contributed by atoms with van der Waals surface area (Å²) in [4.78, 5) is 11.9. The van der Waals surface area contributed by atoms with Gasteiger partial charge in [-0.25, -0.2) is 0 Å². The molecule has 0 heterocycles. The number of carbonyl (C=O) groups is 1. The van der Waals surface area contributed by atoms with Gasteiger partial charge in [0.15, 0.2) is 0 Å². The Bertz CT molecular complexity index is 818. The van der Waals surface area contributed by atoms with Gasteiger partial charge in [0, 0.05) is 10.5 Å². The number of rotatable bonds is 5. The zero-order valence-corrected chi connectivity index (χ0v) is 19.7. The molecule has 172 valence electrons. The van der Waals surface area contributed by atoms with E-state index >= 15 is 0 Å². The SMILES string of the molecule is [2H]C([2H])(C[C@@H](C)[C@H]1CC[C@H]2[C@H]3[C@H](CC[C@]12C)[C@@]1(C)CC[C@@H](O)C[C@H]1[C@]([2H])(CC)[C@@]3([2H])O)C(C)=O. The van der Waals surface area contributed by atoms with Crippen LogP contribution in [0.1, 0.15) is 104 Å². The van der Waals surface area contributed by atoms with Gasteiger partial charge in [0.25, 0.3) is 0 Å². The topological polar surface area (TPSA) is 57.5 Å². The summed E-state index contributed by atoms with van der Waals surface area (Å²) in [5.74, 6) is -1.67. The first kappa shape index (κ1) is 18.1. The van der Waals surface area contributed by atoms with Gasteiger partial charge in [-0.15, -0.1) is 0 Å². The van der Waals surface area contributed by atoms with Crippen molar-refractivity contribution < 1.29 is 20.5 Å². The van der Waals surface area contributed by atoms with Crippen LogP contribution in [0.25, 0.3) is 0 Å². The average Bonchev–Trinajstić information content (AvgIpc) is 3.10. The highest BCUT2D eigenvalue weighted by Gasteiger charge is 2.64. The highest BCUT2D eigenvalue weighted by atomic mass is 16.3. The maximum absolute atomic E-state index is 12.0. The third-order valence-electron chi connectivity index (χ3n) is 10.3. The van der Waals surface area contributed by atoms with Crippen LogP contribution in [0, 0.1) is 52.2 Å². The van der Waals surface area contributed by atoms with Gasteiger partial charge in [0.1, 0.15) is 5.78 Å². The smallest absolute Gasteiger partial charge is 0.129 e. The van der Waals surface area contributed by atoms with Gasteiger partial charge in [-0.05, 0) is 111 Å². The quantitative estimate of drug-likeness (QED) is 0.605. The van der Waals surface area contributed by atoms with Crippen molar-refractivity contribution in [3.63, 3.8) is 0 Å². The largest absolute Gasteiger partial charge is 0.393 e. The fourth-order valence-electron chi connectivity index (χ4n) is 8.80. The predicted octanol–water partition coefficient (Wildman–Crippen LogP) is 5.62. The van der Waals surface area contributed by atoms with Crippen molar-refractivity contribution in [3.8, 4) is 0 Å². The van der Waals surface area contributed by atoms with Gasteiger partial charge in [-0.3, -0.25) is 0 Å². The molecule has 30 heavy (non-hydrogen) atoms. The lowest BCUT2D eigenvalue weighted by atomic mass is 9.41. The first-order chi connectivity index (χ1) is 15.6. The average molecular weight is 423 g/mol. The van der Waals surface area contributed by atoms with Gasteiger partial charge < -0.3 is 15.0 Å². The summed E-state index contributed by atoms with van der Waals surface area (Å²) in [6.45, 7) is 9.86. The van der Waals surface area contributed by atoms with Crippen molar-refractivity contribution in [2.45, 2.75) is 111 Å². The van der Waals surface area contributed by atoms with Crippen LogP contribution in [0.2, 0.25) is 0 Å². The van der Waals surface area contributed by atoms with E-state index in [2.05, 4.69) is 20.8 Å². The number of ketones is 1. The zero-order chi connectivity index (χ0) is 25.5. The summed E-state index contributed by atoms with van der Waals surface area (Å²) in [7, 11) is 0. The molecule has 0 aromatic carbocycles. The first-order valence-electron chi connectivity index (χ1n) is 14.5. The van der Waals surface area contributed by atoms with Gasteiger partial charge in [0.05, 0.1) is 13.6 Å². The summed E-state index contributed by atoms with van der Waals surface area (Å²) in [6, 6.07) is 0. The Balaban J connectivity index is 1.71. The molecule has 3 nitrogen and oxygen atoms in total. The molecule has 0 radical (unpaired) electrons. The molecule has 0 aliphatic heterocycles. The molecule has 4 aliphatic carbocycles. The Morgan fingerprint density at radius 2 is 1.77 bits per heavy atom. The molecule has 0 spiro atoms. The van der Waals surface area contributed by atoms with Gasteiger partial charge in [-0.2, -0.15) is 0 Å². The van der Waals surface area contributed by atoms with Crippen LogP contribution >= 0.6 is 0 Å². The van der Waals surface area contributed by atoms with Gasteiger partial charge >= 0.3 is 0 Å². The number of hydrogen-bond acceptors (Lipinski definition) is 3. The number of aliphatic hydroxyl groups excluding tert-OH is 1. The van der Waals surface area contributed by atoms with Crippen LogP contribution in [-0.2, 0) is 4.79 Å². The minimum atomic E-state index is -1.88. The van der Waals surface area contributed by atoms with E-state index in [1.54, 1.807) is 0 Å². The highest BCUT2D eigenvalue weighted by Crippen LogP contribution is 2.69. The molecule has 0 aromatic heterocycles. The highest BCUT2D eigenvalue weighted by molar-refractivity contribution is 5.75. The minimum Gasteiger partial charge on any atom is -0.393 e. The molecule has 3 heteroatoms. The molecule has 11 atom stereocenters. The Kier molecular flexibility index (Phi) is 4.92. The maximum Gasteiger partial charge on any atom is 0.129 e. The molecule has 4 fully saturated rings. The second-order valence-corrected chi connectivity index (χ2v) is 11.6. The lowest BCUT2D eigenvalue weighted by molar-refractivity contribution is -0.203. The summed E-state index contributed by atoms with van der Waals surface area (Å²) < 4.78 is 35.3. The van der Waals surface area contributed by atoms with Crippen molar-refractivity contribution in [3.05, 3.63) is 0 Å². The Morgan fingerprint density at radius 1 is 1.10 bits per heavy atom. The summed E-state index contributed by atoms with van der Waals surface area (Å²) in [6.07, 6.45) is 2.22. The Morgan fingerprint density at radius 3 is 2.43 bits per heavy atom. The second-order valence-electron chi connectivity index (χ2n) is 11.6. The first-order valence-corrected chi connectivity index (χ1v) is 12.5. The molecule has 0 bridgehead atoms. The molecular formula is C27H46O3. The van der Waals surface area contributed by atoms with E-state index in [1.165, 1.54) is 6.92 Å². The summed E-state index contributed by atoms with van der Waals surface area (Å²) in [5.41, 5.74) is -0.291. The monoisotopic (exact) mass is 422 g/mol. The summed E-state index contributed by atoms with van der Waals surface area (Å²) in [5, 5.41) is 22.5. The van der Waals surface area contributed by atoms with E-state index in [0.717, 1.165) is 38.5 Å². The molecule has 0 amide bonds. The fraction of sp³-hybridized carbons (Fsp3) is 0.963. The minimum absolute atomic E-state index is 0.0352. The molecule has 0 unspecified atom stereocenters. The van der Waals surface area contributed by atoms with Crippen molar-refractivity contribution in [1.29, 1.82) is 0 Å². The van der Waals surface area contributed by atoms with Crippen molar-refractivity contribution >= 4 is 5.78 Å². The molecule has 2 N–H and O–H groups in total. The maximum atomic E-state index is 12.0. The van der Waals surface area contributed by atoms with Crippen LogP contribution in [0.3, 0.4) is 0 Å². The van der Waals surface area contributed by atoms with Crippen molar-refractivity contribution in [2.75, 3.05) is 0 Å². The fourth-order valence-corrected chi connectivity index (χ4v) is 8.80. The van der Waals surface area contributed by atoms with Crippen LogP contribution < -0.4 is 0 Å². The standard InChI is InChI=1S/C27H46O3/c1-6-19-23-15-18(29)11-13-27(23,5)22-12-14-26(4)20(16(2)7-8-17(3)28)9-10-21(26)24(22)25(19)30/h16,18-25,29-30H,6-15H2,1-5H3/t16-,18-,19+,20-,21+,22+,23+,24+,25-,26-,27-/m1/s1/i8D2,19D,25D. The molecule has 0 aromatic rings. The van der Waals surface area contributed by atoms with Crippen LogP contribution in [-0.4, -0.2) is 28.2 Å². The van der Waals surface area contributed by atoms with Gasteiger partial charge in [0.2, 0.25) is 0 Å². The second kappa shape index (κ2) is 8.18. The molecule has 0 saturated heterocycles. The number of fused-ring (bicyclic) bond motifs is 5. The summed E-state index contributed by atoms with van der Waals surface area (Å²) >= 11 is 0. The van der Waals surface area contributed by atoms with E-state index < -0.39 is 30.2 Å². The lowest BCUT2D eigenvalue weighted by Gasteiger charge is -2.64. The van der Waals surface area contributed by atoms with Crippen molar-refractivity contribution in [2.24, 2.45) is 52.2 Å². The van der Waals surface area contributed by atoms with E-state index in [9.17, 15) is 17.7 Å². The molecule has 4 aliphatic rings. The van der Waals surface area contributed by atoms with E-state index in [1.807, 2.05) is 6.92 Å². The third-order valence-corrected chi connectivity index (χ3v) is 10.3. The van der Waals surface area contributed by atoms with E-state index in [0.29, 0.717) is 12.8 Å². The number of hydrogen-bond donors (Lipinski definition) is 2. The molecule has 4 saturated carbocycles. The Hall–Kier alpha value is -0.410. The third kappa shape index (κ3) is 3.41. The number of carbonyl (C=O) groups excluding carboxylic acids is 1. The van der Waals surface area contributed by atoms with Crippen LogP contribution in [0.15, 0.2) is 0 Å². The van der Waals surface area contributed by atoms with Crippen molar-refractivity contribution in [1.82, 2.24) is 0 Å². The Labute approximate surface area is 190 Å². The van der Waals surface area contributed by atoms with Gasteiger partial charge in [-0.1, -0.05) is 34.1 Å². The molecular weight excluding hydrogens is 372 g/mol. The zero-order valence-electron chi connectivity index (χ0n) is 23.7. The van der Waals surface area contributed by atoms with Crippen LogP contribution in [0.4, 0.5) is 0 Å². The van der Waals surface area contributed by atoms with E-state index in [-0.39, 0.29) is 52.8 Å². The normalized spacial score (nSPS) is 58.9. The molecule has 4 rings (SSSR count). The van der Waals surface area contributed by atoms with Crippen LogP contribution in [0.5, 0.6) is 0 Å². The lowest BCUT2D eigenvalue weighted by Crippen LogP contribution is -2.62.